The zero-order chi connectivity index (χ0) is 20.9. The Morgan fingerprint density at radius 1 is 1.21 bits per heavy atom. The lowest BCUT2D eigenvalue weighted by atomic mass is 9.88. The Balaban J connectivity index is 2.15. The van der Waals surface area contributed by atoms with Crippen LogP contribution in [0.25, 0.3) is 0 Å². The summed E-state index contributed by atoms with van der Waals surface area (Å²) in [6.07, 6.45) is 3.47. The minimum absolute atomic E-state index is 0.0400. The van der Waals surface area contributed by atoms with Crippen molar-refractivity contribution in [3.63, 3.8) is 0 Å². The molecule has 0 fully saturated rings. The highest BCUT2D eigenvalue weighted by molar-refractivity contribution is 7.94. The SMILES string of the molecule is CCCC[C@]1(CC)CS(=O)(=O)c2cc(SOOO)ccc2[C@@H](c2ccccc2)N1. The summed E-state index contributed by atoms with van der Waals surface area (Å²) in [6, 6.07) is 14.8. The van der Waals surface area contributed by atoms with Crippen molar-refractivity contribution in [1.82, 2.24) is 5.32 Å². The highest BCUT2D eigenvalue weighted by Crippen LogP contribution is 2.39. The monoisotopic (exact) mass is 437 g/mol. The quantitative estimate of drug-likeness (QED) is 0.344. The largest absolute Gasteiger partial charge is 0.300 e. The molecule has 2 aromatic carbocycles. The molecule has 0 aliphatic carbocycles. The average Bonchev–Trinajstić information content (AvgIpc) is 2.84. The van der Waals surface area contributed by atoms with Crippen molar-refractivity contribution in [3.05, 3.63) is 59.7 Å². The number of rotatable bonds is 8. The lowest BCUT2D eigenvalue weighted by Gasteiger charge is -2.35. The Labute approximate surface area is 176 Å². The van der Waals surface area contributed by atoms with Crippen LogP contribution in [0.2, 0.25) is 0 Å². The molecule has 0 radical (unpaired) electrons. The predicted octanol–water partition coefficient (Wildman–Crippen LogP) is 4.92. The van der Waals surface area contributed by atoms with Gasteiger partial charge in [-0.1, -0.05) is 68.1 Å². The second-order valence-corrected chi connectivity index (χ2v) is 10.1. The molecule has 0 aromatic heterocycles. The molecule has 0 unspecified atom stereocenters. The topological polar surface area (TPSA) is 84.9 Å². The molecule has 6 nitrogen and oxygen atoms in total. The van der Waals surface area contributed by atoms with Crippen molar-refractivity contribution in [2.24, 2.45) is 0 Å². The fourth-order valence-corrected chi connectivity index (χ4v) is 6.58. The highest BCUT2D eigenvalue weighted by Gasteiger charge is 2.41. The van der Waals surface area contributed by atoms with Crippen LogP contribution in [0.5, 0.6) is 0 Å². The van der Waals surface area contributed by atoms with Crippen LogP contribution >= 0.6 is 12.0 Å². The molecule has 3 rings (SSSR count). The van der Waals surface area contributed by atoms with Crippen LogP contribution in [0.1, 0.15) is 56.7 Å². The molecule has 158 valence electrons. The molecule has 0 bridgehead atoms. The van der Waals surface area contributed by atoms with Crippen molar-refractivity contribution < 1.29 is 23.0 Å². The molecule has 2 N–H and O–H groups in total. The first-order chi connectivity index (χ1) is 13.9. The van der Waals surface area contributed by atoms with Gasteiger partial charge in [0.15, 0.2) is 9.84 Å². The van der Waals surface area contributed by atoms with Crippen LogP contribution in [-0.2, 0) is 19.2 Å². The summed E-state index contributed by atoms with van der Waals surface area (Å²) < 4.78 is 31.4. The molecule has 29 heavy (non-hydrogen) atoms. The van der Waals surface area contributed by atoms with Gasteiger partial charge < -0.3 is 0 Å². The Morgan fingerprint density at radius 2 is 1.97 bits per heavy atom. The van der Waals surface area contributed by atoms with E-state index in [0.29, 0.717) is 11.3 Å². The molecule has 8 heteroatoms. The molecule has 2 aromatic rings. The van der Waals surface area contributed by atoms with Crippen molar-refractivity contribution in [1.29, 1.82) is 0 Å². The number of fused-ring (bicyclic) bond motifs is 1. The van der Waals surface area contributed by atoms with Gasteiger partial charge >= 0.3 is 0 Å². The molecule has 1 aliphatic heterocycles. The molecule has 1 heterocycles. The van der Waals surface area contributed by atoms with Gasteiger partial charge in [-0.2, -0.15) is 0 Å². The Morgan fingerprint density at radius 3 is 2.62 bits per heavy atom. The summed E-state index contributed by atoms with van der Waals surface area (Å²) in [5.74, 6) is 0.0400. The van der Waals surface area contributed by atoms with E-state index in [9.17, 15) is 8.42 Å². The first-order valence-corrected chi connectivity index (χ1v) is 12.2. The van der Waals surface area contributed by atoms with E-state index < -0.39 is 15.4 Å². The Hall–Kier alpha value is -1.42. The van der Waals surface area contributed by atoms with Gasteiger partial charge in [0.1, 0.15) is 0 Å². The van der Waals surface area contributed by atoms with E-state index in [1.54, 1.807) is 12.1 Å². The van der Waals surface area contributed by atoms with Gasteiger partial charge in [-0.05, 0) is 36.1 Å². The number of benzene rings is 2. The number of nitrogens with one attached hydrogen (secondary N) is 1. The summed E-state index contributed by atoms with van der Waals surface area (Å²) in [7, 11) is -3.55. The maximum atomic E-state index is 13.5. The molecule has 0 saturated carbocycles. The van der Waals surface area contributed by atoms with Crippen molar-refractivity contribution in [2.75, 3.05) is 5.75 Å². The van der Waals surface area contributed by atoms with Gasteiger partial charge in [0.25, 0.3) is 0 Å². The van der Waals surface area contributed by atoms with Crippen molar-refractivity contribution in [3.8, 4) is 0 Å². The van der Waals surface area contributed by atoms with Gasteiger partial charge in [-0.25, -0.2) is 13.7 Å². The fraction of sp³-hybridized carbons (Fsp3) is 0.429. The molecule has 1 aliphatic rings. The average molecular weight is 438 g/mol. The molecular formula is C21H27NO5S2. The van der Waals surface area contributed by atoms with E-state index in [1.807, 2.05) is 43.3 Å². The predicted molar refractivity (Wildman–Crippen MR) is 113 cm³/mol. The minimum atomic E-state index is -3.55. The van der Waals surface area contributed by atoms with E-state index in [1.165, 1.54) is 0 Å². The minimum Gasteiger partial charge on any atom is -0.300 e. The zero-order valence-corrected chi connectivity index (χ0v) is 18.3. The molecule has 0 amide bonds. The molecule has 0 saturated heterocycles. The summed E-state index contributed by atoms with van der Waals surface area (Å²) in [6.45, 7) is 4.16. The third-order valence-electron chi connectivity index (χ3n) is 5.53. The molecular weight excluding hydrogens is 410 g/mol. The smallest absolute Gasteiger partial charge is 0.180 e. The van der Waals surface area contributed by atoms with E-state index >= 15 is 0 Å². The lowest BCUT2D eigenvalue weighted by Crippen LogP contribution is -2.50. The van der Waals surface area contributed by atoms with Gasteiger partial charge in [-0.3, -0.25) is 5.32 Å². The van der Waals surface area contributed by atoms with Gasteiger partial charge in [0.2, 0.25) is 0 Å². The van der Waals surface area contributed by atoms with Crippen LogP contribution in [-0.4, -0.2) is 25.0 Å². The first kappa shape index (κ1) is 22.3. The summed E-state index contributed by atoms with van der Waals surface area (Å²) in [4.78, 5) is 0.822. The van der Waals surface area contributed by atoms with Gasteiger partial charge in [0, 0.05) is 10.4 Å². The van der Waals surface area contributed by atoms with Crippen LogP contribution in [0.4, 0.5) is 0 Å². The summed E-state index contributed by atoms with van der Waals surface area (Å²) in [5, 5.41) is 15.8. The van der Waals surface area contributed by atoms with E-state index in [4.69, 9.17) is 5.26 Å². The number of unbranched alkanes of at least 4 members (excludes halogenated alkanes) is 1. The first-order valence-electron chi connectivity index (χ1n) is 9.79. The van der Waals surface area contributed by atoms with Crippen LogP contribution in [0, 0.1) is 0 Å². The number of hydrogen-bond acceptors (Lipinski definition) is 7. The Bertz CT molecular complexity index is 920. The zero-order valence-electron chi connectivity index (χ0n) is 16.6. The van der Waals surface area contributed by atoms with Crippen LogP contribution < -0.4 is 5.32 Å². The van der Waals surface area contributed by atoms with E-state index in [-0.39, 0.29) is 16.7 Å². The van der Waals surface area contributed by atoms with E-state index in [0.717, 1.165) is 42.4 Å². The molecule has 0 spiro atoms. The van der Waals surface area contributed by atoms with Crippen LogP contribution in [0.15, 0.2) is 58.3 Å². The number of sulfone groups is 1. The standard InChI is InChI=1S/C21H27NO5S2/c1-3-5-13-21(4-2)15-29(24,25)19-14-17(28-27-26-23)11-12-18(19)20(22-21)16-9-7-6-8-10-16/h6-12,14,20,22-23H,3-5,13,15H2,1-2H3/t20-,21-/m1/s1. The van der Waals surface area contributed by atoms with Crippen molar-refractivity contribution >= 4 is 21.9 Å². The lowest BCUT2D eigenvalue weighted by molar-refractivity contribution is -0.432. The maximum absolute atomic E-state index is 13.5. The van der Waals surface area contributed by atoms with Crippen molar-refractivity contribution in [2.45, 2.75) is 60.9 Å². The second-order valence-electron chi connectivity index (χ2n) is 7.41. The second kappa shape index (κ2) is 9.59. The number of hydrogen-bond donors (Lipinski definition) is 2. The molecule has 2 atom stereocenters. The summed E-state index contributed by atoms with van der Waals surface area (Å²) in [5.41, 5.74) is 1.24. The van der Waals surface area contributed by atoms with Gasteiger partial charge in [-0.15, -0.1) is 4.33 Å². The van der Waals surface area contributed by atoms with Crippen LogP contribution in [0.3, 0.4) is 0 Å². The Kier molecular flexibility index (Phi) is 7.37. The van der Waals surface area contributed by atoms with Gasteiger partial charge in [0.05, 0.1) is 28.7 Å². The maximum Gasteiger partial charge on any atom is 0.180 e. The highest BCUT2D eigenvalue weighted by atomic mass is 32.2. The third-order valence-corrected chi connectivity index (χ3v) is 8.06. The fourth-order valence-electron chi connectivity index (χ4n) is 3.94. The summed E-state index contributed by atoms with van der Waals surface area (Å²) >= 11 is 0.760. The normalized spacial score (nSPS) is 23.3. The van der Waals surface area contributed by atoms with E-state index in [2.05, 4.69) is 21.6 Å². The third kappa shape index (κ3) is 5.02.